The molecule has 0 saturated heterocycles. The molecule has 0 spiro atoms. The highest BCUT2D eigenvalue weighted by molar-refractivity contribution is 5.85. The molecule has 0 aliphatic carbocycles. The van der Waals surface area contributed by atoms with Gasteiger partial charge in [-0.15, -0.1) is 0 Å². The minimum Gasteiger partial charge on any atom is -0.494 e. The van der Waals surface area contributed by atoms with Crippen molar-refractivity contribution in [2.24, 2.45) is 12.0 Å². The van der Waals surface area contributed by atoms with E-state index in [0.717, 1.165) is 10.1 Å². The second-order valence-electron chi connectivity index (χ2n) is 4.67. The maximum Gasteiger partial charge on any atom is 0.271 e. The Morgan fingerprint density at radius 2 is 2.05 bits per heavy atom. The molecule has 0 fully saturated rings. The van der Waals surface area contributed by atoms with Gasteiger partial charge in [-0.2, -0.15) is 5.26 Å². The number of benzene rings is 1. The number of aliphatic imine (C=N–C) groups is 1. The van der Waals surface area contributed by atoms with Crippen LogP contribution in [0.25, 0.3) is 0 Å². The van der Waals surface area contributed by atoms with Crippen LogP contribution in [0.15, 0.2) is 40.1 Å². The van der Waals surface area contributed by atoms with Crippen molar-refractivity contribution in [3.05, 3.63) is 62.9 Å². The summed E-state index contributed by atoms with van der Waals surface area (Å²) < 4.78 is 1.05. The van der Waals surface area contributed by atoms with Crippen molar-refractivity contribution in [2.45, 2.75) is 13.5 Å². The minimum absolute atomic E-state index is 0.0245. The van der Waals surface area contributed by atoms with E-state index >= 15 is 0 Å². The van der Waals surface area contributed by atoms with E-state index in [-0.39, 0.29) is 11.4 Å². The molecule has 1 N–H and O–H groups in total. The molecule has 0 aliphatic rings. The topological polar surface area (TPSA) is 78.4 Å². The third kappa shape index (κ3) is 2.84. The zero-order valence-corrected chi connectivity index (χ0v) is 11.9. The first kappa shape index (κ1) is 14.5. The van der Waals surface area contributed by atoms with Gasteiger partial charge in [0.1, 0.15) is 11.6 Å². The summed E-state index contributed by atoms with van der Waals surface area (Å²) in [4.78, 5) is 16.1. The zero-order valence-electron chi connectivity index (χ0n) is 11.9. The first-order valence-corrected chi connectivity index (χ1v) is 6.42. The molecule has 21 heavy (non-hydrogen) atoms. The van der Waals surface area contributed by atoms with Crippen LogP contribution >= 0.6 is 0 Å². The Bertz CT molecular complexity index is 784. The highest BCUT2D eigenvalue weighted by Gasteiger charge is 2.15. The molecule has 0 bridgehead atoms. The van der Waals surface area contributed by atoms with Gasteiger partial charge in [-0.3, -0.25) is 14.4 Å². The van der Waals surface area contributed by atoms with Gasteiger partial charge in [0, 0.05) is 13.3 Å². The normalized spacial score (nSPS) is 10.7. The summed E-state index contributed by atoms with van der Waals surface area (Å²) in [7, 11) is 1.42. The Hall–Kier alpha value is -2.87. The summed E-state index contributed by atoms with van der Waals surface area (Å²) >= 11 is 0. The Labute approximate surface area is 122 Å². The van der Waals surface area contributed by atoms with Crippen LogP contribution in [0.5, 0.6) is 5.88 Å². The van der Waals surface area contributed by atoms with E-state index in [9.17, 15) is 9.90 Å². The van der Waals surface area contributed by atoms with E-state index < -0.39 is 5.56 Å². The molecule has 106 valence electrons. The molecule has 0 radical (unpaired) electrons. The molecular formula is C16H15N3O2. The third-order valence-electron chi connectivity index (χ3n) is 3.30. The molecule has 0 amide bonds. The number of hydrogen-bond acceptors (Lipinski definition) is 4. The summed E-state index contributed by atoms with van der Waals surface area (Å²) in [5.41, 5.74) is 1.39. The maximum atomic E-state index is 11.8. The number of aromatic hydroxyl groups is 1. The van der Waals surface area contributed by atoms with Crippen LogP contribution in [0.1, 0.15) is 22.3 Å². The van der Waals surface area contributed by atoms with Crippen molar-refractivity contribution in [2.75, 3.05) is 0 Å². The summed E-state index contributed by atoms with van der Waals surface area (Å²) in [6.45, 7) is 2.09. The average molecular weight is 281 g/mol. The Balaban J connectivity index is 2.39. The zero-order chi connectivity index (χ0) is 15.4. The molecule has 0 unspecified atom stereocenters. The second-order valence-corrected chi connectivity index (χ2v) is 4.67. The van der Waals surface area contributed by atoms with E-state index in [4.69, 9.17) is 5.26 Å². The first-order valence-electron chi connectivity index (χ1n) is 6.42. The van der Waals surface area contributed by atoms with Gasteiger partial charge in [-0.25, -0.2) is 0 Å². The largest absolute Gasteiger partial charge is 0.494 e. The van der Waals surface area contributed by atoms with Crippen molar-refractivity contribution in [3.8, 4) is 11.9 Å². The summed E-state index contributed by atoms with van der Waals surface area (Å²) in [5.74, 6) is -0.187. The lowest BCUT2D eigenvalue weighted by Gasteiger charge is -2.09. The number of pyridine rings is 1. The number of hydrogen-bond donors (Lipinski definition) is 1. The lowest BCUT2D eigenvalue weighted by atomic mass is 10.1. The van der Waals surface area contributed by atoms with Crippen molar-refractivity contribution in [3.63, 3.8) is 0 Å². The van der Waals surface area contributed by atoms with Crippen molar-refractivity contribution in [1.82, 2.24) is 4.57 Å². The molecular weight excluding hydrogens is 266 g/mol. The van der Waals surface area contributed by atoms with Crippen LogP contribution in [0, 0.1) is 18.3 Å². The molecule has 5 nitrogen and oxygen atoms in total. The Morgan fingerprint density at radius 1 is 1.38 bits per heavy atom. The standard InChI is InChI=1S/C16H15N3O2/c1-11-13(8-17)15(20)19(2)16(21)14(11)10-18-9-12-6-4-3-5-7-12/h3-7,10,21H,9H2,1-2H3. The van der Waals surface area contributed by atoms with Gasteiger partial charge in [0.15, 0.2) is 0 Å². The van der Waals surface area contributed by atoms with Crippen LogP contribution in [0.4, 0.5) is 0 Å². The van der Waals surface area contributed by atoms with E-state index in [1.807, 2.05) is 36.4 Å². The minimum atomic E-state index is -0.507. The van der Waals surface area contributed by atoms with Gasteiger partial charge in [-0.05, 0) is 18.1 Å². The first-order chi connectivity index (χ1) is 10.1. The van der Waals surface area contributed by atoms with Crippen LogP contribution in [-0.4, -0.2) is 15.9 Å². The molecule has 2 aromatic rings. The van der Waals surface area contributed by atoms with Crippen molar-refractivity contribution < 1.29 is 5.11 Å². The molecule has 0 saturated carbocycles. The Kier molecular flexibility index (Phi) is 4.19. The fraction of sp³-hybridized carbons (Fsp3) is 0.188. The summed E-state index contributed by atoms with van der Waals surface area (Å²) in [5, 5.41) is 19.1. The predicted molar refractivity (Wildman–Crippen MR) is 80.5 cm³/mol. The molecule has 0 atom stereocenters. The van der Waals surface area contributed by atoms with Gasteiger partial charge >= 0.3 is 0 Å². The smallest absolute Gasteiger partial charge is 0.271 e. The predicted octanol–water partition coefficient (Wildman–Crippen LogP) is 1.89. The third-order valence-corrected chi connectivity index (χ3v) is 3.30. The van der Waals surface area contributed by atoms with Crippen molar-refractivity contribution in [1.29, 1.82) is 5.26 Å². The monoisotopic (exact) mass is 281 g/mol. The molecule has 1 aromatic carbocycles. The van der Waals surface area contributed by atoms with Crippen LogP contribution in [0.2, 0.25) is 0 Å². The molecule has 0 aliphatic heterocycles. The molecule has 2 rings (SSSR count). The fourth-order valence-electron chi connectivity index (χ4n) is 2.02. The van der Waals surface area contributed by atoms with E-state index in [0.29, 0.717) is 17.7 Å². The van der Waals surface area contributed by atoms with Gasteiger partial charge in [0.05, 0.1) is 12.1 Å². The van der Waals surface area contributed by atoms with Crippen molar-refractivity contribution >= 4 is 6.21 Å². The maximum absolute atomic E-state index is 11.8. The highest BCUT2D eigenvalue weighted by atomic mass is 16.3. The Morgan fingerprint density at radius 3 is 2.67 bits per heavy atom. The number of nitrogens with zero attached hydrogens (tertiary/aromatic N) is 3. The van der Waals surface area contributed by atoms with Gasteiger partial charge in [0.25, 0.3) is 5.56 Å². The SMILES string of the molecule is Cc1c(C=NCc2ccccc2)c(O)n(C)c(=O)c1C#N. The second kappa shape index (κ2) is 6.06. The summed E-state index contributed by atoms with van der Waals surface area (Å²) in [6.07, 6.45) is 1.50. The highest BCUT2D eigenvalue weighted by Crippen LogP contribution is 2.18. The van der Waals surface area contributed by atoms with Crippen LogP contribution < -0.4 is 5.56 Å². The number of rotatable bonds is 3. The molecule has 1 heterocycles. The van der Waals surface area contributed by atoms with E-state index in [1.54, 1.807) is 6.92 Å². The quantitative estimate of drug-likeness (QED) is 0.873. The fourth-order valence-corrected chi connectivity index (χ4v) is 2.02. The lowest BCUT2D eigenvalue weighted by molar-refractivity contribution is 0.421. The lowest BCUT2D eigenvalue weighted by Crippen LogP contribution is -2.22. The van der Waals surface area contributed by atoms with Gasteiger partial charge in [-0.1, -0.05) is 30.3 Å². The van der Waals surface area contributed by atoms with Gasteiger partial charge in [0.2, 0.25) is 5.88 Å². The van der Waals surface area contributed by atoms with E-state index in [2.05, 4.69) is 4.99 Å². The average Bonchev–Trinajstić information content (AvgIpc) is 2.50. The molecule has 5 heteroatoms. The van der Waals surface area contributed by atoms with E-state index in [1.165, 1.54) is 13.3 Å². The molecule has 1 aromatic heterocycles. The number of nitriles is 1. The van der Waals surface area contributed by atoms with Gasteiger partial charge < -0.3 is 5.11 Å². The van der Waals surface area contributed by atoms with Crippen LogP contribution in [0.3, 0.4) is 0 Å². The van der Waals surface area contributed by atoms with Crippen LogP contribution in [-0.2, 0) is 13.6 Å². The number of aromatic nitrogens is 1. The summed E-state index contributed by atoms with van der Waals surface area (Å²) in [6, 6.07) is 11.5.